The maximum Gasteiger partial charge on any atom is 0.134 e. The van der Waals surface area contributed by atoms with Gasteiger partial charge >= 0.3 is 0 Å². The first-order valence-electron chi connectivity index (χ1n) is 5.51. The zero-order valence-corrected chi connectivity index (χ0v) is 9.79. The van der Waals surface area contributed by atoms with E-state index in [-0.39, 0.29) is 5.54 Å². The molecular formula is C13H18N2O. The molecule has 1 aromatic carbocycles. The van der Waals surface area contributed by atoms with E-state index in [1.54, 1.807) is 6.26 Å². The summed E-state index contributed by atoms with van der Waals surface area (Å²) < 4.78 is 5.46. The molecule has 0 aliphatic rings. The number of nitrogens with two attached hydrogens (primary N) is 1. The van der Waals surface area contributed by atoms with Crippen molar-refractivity contribution >= 4 is 11.0 Å². The Balaban J connectivity index is 2.05. The maximum absolute atomic E-state index is 5.90. The van der Waals surface area contributed by atoms with Crippen molar-refractivity contribution in [3.63, 3.8) is 0 Å². The summed E-state index contributed by atoms with van der Waals surface area (Å²) in [7, 11) is 0. The van der Waals surface area contributed by atoms with Crippen LogP contribution in [0.25, 0.3) is 11.0 Å². The third kappa shape index (κ3) is 2.62. The molecule has 3 nitrogen and oxygen atoms in total. The van der Waals surface area contributed by atoms with Crippen molar-refractivity contribution in [3.05, 3.63) is 36.1 Å². The van der Waals surface area contributed by atoms with Gasteiger partial charge in [0.1, 0.15) is 5.58 Å². The van der Waals surface area contributed by atoms with Crippen LogP contribution >= 0.6 is 0 Å². The third-order valence-electron chi connectivity index (χ3n) is 2.46. The van der Waals surface area contributed by atoms with Crippen molar-refractivity contribution in [2.24, 2.45) is 5.73 Å². The molecule has 1 aromatic heterocycles. The van der Waals surface area contributed by atoms with Crippen LogP contribution in [-0.2, 0) is 6.54 Å². The summed E-state index contributed by atoms with van der Waals surface area (Å²) in [6.45, 7) is 5.59. The van der Waals surface area contributed by atoms with Crippen LogP contribution in [0.15, 0.2) is 34.9 Å². The number of furan rings is 1. The van der Waals surface area contributed by atoms with Crippen LogP contribution in [-0.4, -0.2) is 12.1 Å². The fraction of sp³-hybridized carbons (Fsp3) is 0.385. The fourth-order valence-corrected chi connectivity index (χ4v) is 1.69. The van der Waals surface area contributed by atoms with E-state index in [0.29, 0.717) is 0 Å². The van der Waals surface area contributed by atoms with Gasteiger partial charge in [-0.2, -0.15) is 0 Å². The topological polar surface area (TPSA) is 51.2 Å². The molecule has 0 aliphatic carbocycles. The fourth-order valence-electron chi connectivity index (χ4n) is 1.69. The van der Waals surface area contributed by atoms with E-state index < -0.39 is 0 Å². The first kappa shape index (κ1) is 11.2. The summed E-state index contributed by atoms with van der Waals surface area (Å²) in [5.41, 5.74) is 7.84. The van der Waals surface area contributed by atoms with Crippen LogP contribution in [0.5, 0.6) is 0 Å². The minimum Gasteiger partial charge on any atom is -0.464 e. The molecule has 86 valence electrons. The van der Waals surface area contributed by atoms with E-state index in [0.717, 1.165) is 18.7 Å². The van der Waals surface area contributed by atoms with Crippen LogP contribution < -0.4 is 11.1 Å². The van der Waals surface area contributed by atoms with Gasteiger partial charge in [0.25, 0.3) is 0 Å². The Bertz CT molecular complexity index is 468. The summed E-state index contributed by atoms with van der Waals surface area (Å²) in [5.74, 6) is 0. The summed E-state index contributed by atoms with van der Waals surface area (Å²) in [6.07, 6.45) is 1.81. The van der Waals surface area contributed by atoms with Crippen molar-refractivity contribution in [2.75, 3.05) is 6.54 Å². The van der Waals surface area contributed by atoms with E-state index in [9.17, 15) is 0 Å². The van der Waals surface area contributed by atoms with Crippen molar-refractivity contribution in [1.29, 1.82) is 0 Å². The third-order valence-corrected chi connectivity index (χ3v) is 2.46. The Morgan fingerprint density at radius 2 is 2.06 bits per heavy atom. The van der Waals surface area contributed by atoms with E-state index in [1.807, 2.05) is 32.0 Å². The summed E-state index contributed by atoms with van der Waals surface area (Å²) in [4.78, 5) is 0. The highest BCUT2D eigenvalue weighted by Crippen LogP contribution is 2.20. The molecule has 3 N–H and O–H groups in total. The summed E-state index contributed by atoms with van der Waals surface area (Å²) in [5, 5.41) is 4.51. The molecule has 0 bridgehead atoms. The minimum absolute atomic E-state index is 0.181. The smallest absolute Gasteiger partial charge is 0.134 e. The highest BCUT2D eigenvalue weighted by Gasteiger charge is 2.10. The quantitative estimate of drug-likeness (QED) is 0.827. The van der Waals surface area contributed by atoms with Crippen LogP contribution in [0.3, 0.4) is 0 Å². The molecule has 0 atom stereocenters. The average molecular weight is 218 g/mol. The number of rotatable bonds is 4. The van der Waals surface area contributed by atoms with E-state index in [2.05, 4.69) is 11.4 Å². The number of benzene rings is 1. The molecule has 0 radical (unpaired) electrons. The van der Waals surface area contributed by atoms with Crippen LogP contribution in [0, 0.1) is 0 Å². The molecule has 3 heteroatoms. The summed E-state index contributed by atoms with van der Waals surface area (Å²) in [6, 6.07) is 8.05. The first-order chi connectivity index (χ1) is 7.56. The maximum atomic E-state index is 5.90. The number of nitrogens with one attached hydrogen (secondary N) is 1. The van der Waals surface area contributed by atoms with Crippen LogP contribution in [0.1, 0.15) is 19.4 Å². The van der Waals surface area contributed by atoms with E-state index >= 15 is 0 Å². The molecule has 0 unspecified atom stereocenters. The lowest BCUT2D eigenvalue weighted by Crippen LogP contribution is -2.42. The largest absolute Gasteiger partial charge is 0.464 e. The highest BCUT2D eigenvalue weighted by molar-refractivity contribution is 5.80. The van der Waals surface area contributed by atoms with Gasteiger partial charge in [-0.05, 0) is 19.9 Å². The Hall–Kier alpha value is -1.32. The zero-order chi connectivity index (χ0) is 11.6. The molecule has 0 amide bonds. The van der Waals surface area contributed by atoms with Gasteiger partial charge in [0, 0.05) is 29.6 Å². The number of hydrogen-bond acceptors (Lipinski definition) is 3. The monoisotopic (exact) mass is 218 g/mol. The van der Waals surface area contributed by atoms with Gasteiger partial charge in [-0.25, -0.2) is 0 Å². The van der Waals surface area contributed by atoms with Gasteiger partial charge in [-0.1, -0.05) is 18.2 Å². The highest BCUT2D eigenvalue weighted by atomic mass is 16.3. The normalized spacial score (nSPS) is 12.2. The molecule has 0 spiro atoms. The lowest BCUT2D eigenvalue weighted by Gasteiger charge is -2.18. The van der Waals surface area contributed by atoms with Gasteiger partial charge in [0.05, 0.1) is 6.26 Å². The second-order valence-corrected chi connectivity index (χ2v) is 4.85. The first-order valence-corrected chi connectivity index (χ1v) is 5.51. The SMILES string of the molecule is CC(C)(N)CNCc1coc2ccccc12. The average Bonchev–Trinajstić information content (AvgIpc) is 2.60. The number of fused-ring (bicyclic) bond motifs is 1. The molecule has 16 heavy (non-hydrogen) atoms. The van der Waals surface area contributed by atoms with Gasteiger partial charge in [0.15, 0.2) is 0 Å². The molecule has 0 saturated heterocycles. The number of hydrogen-bond donors (Lipinski definition) is 2. The number of para-hydroxylation sites is 1. The van der Waals surface area contributed by atoms with Gasteiger partial charge in [0.2, 0.25) is 0 Å². The van der Waals surface area contributed by atoms with Crippen molar-refractivity contribution < 1.29 is 4.42 Å². The van der Waals surface area contributed by atoms with Gasteiger partial charge in [-0.3, -0.25) is 0 Å². The standard InChI is InChI=1S/C13H18N2O/c1-13(2,14)9-15-7-10-8-16-12-6-4-3-5-11(10)12/h3-6,8,15H,7,9,14H2,1-2H3. The molecule has 1 heterocycles. The van der Waals surface area contributed by atoms with Crippen LogP contribution in [0.2, 0.25) is 0 Å². The lowest BCUT2D eigenvalue weighted by molar-refractivity contribution is 0.465. The molecule has 0 fully saturated rings. The van der Waals surface area contributed by atoms with Gasteiger partial charge < -0.3 is 15.5 Å². The van der Waals surface area contributed by atoms with Crippen molar-refractivity contribution in [1.82, 2.24) is 5.32 Å². The molecule has 0 aliphatic heterocycles. The van der Waals surface area contributed by atoms with E-state index in [4.69, 9.17) is 10.2 Å². The Morgan fingerprint density at radius 1 is 1.31 bits per heavy atom. The minimum atomic E-state index is -0.181. The van der Waals surface area contributed by atoms with Gasteiger partial charge in [-0.15, -0.1) is 0 Å². The Morgan fingerprint density at radius 3 is 2.81 bits per heavy atom. The van der Waals surface area contributed by atoms with Crippen LogP contribution in [0.4, 0.5) is 0 Å². The molecule has 2 rings (SSSR count). The Labute approximate surface area is 95.6 Å². The molecule has 2 aromatic rings. The molecule has 0 saturated carbocycles. The van der Waals surface area contributed by atoms with E-state index in [1.165, 1.54) is 10.9 Å². The second-order valence-electron chi connectivity index (χ2n) is 4.85. The molecular weight excluding hydrogens is 200 g/mol. The zero-order valence-electron chi connectivity index (χ0n) is 9.79. The second kappa shape index (κ2) is 4.28. The lowest BCUT2D eigenvalue weighted by atomic mass is 10.1. The Kier molecular flexibility index (Phi) is 2.99. The predicted molar refractivity (Wildman–Crippen MR) is 66.2 cm³/mol. The predicted octanol–water partition coefficient (Wildman–Crippen LogP) is 2.26. The van der Waals surface area contributed by atoms with Crippen molar-refractivity contribution in [3.8, 4) is 0 Å². The summed E-state index contributed by atoms with van der Waals surface area (Å²) >= 11 is 0. The van der Waals surface area contributed by atoms with Crippen molar-refractivity contribution in [2.45, 2.75) is 25.9 Å².